The lowest BCUT2D eigenvalue weighted by Gasteiger charge is -2.41. The zero-order valence-electron chi connectivity index (χ0n) is 12.1. The summed E-state index contributed by atoms with van der Waals surface area (Å²) in [6.45, 7) is 11.1. The number of hydrogen-bond acceptors (Lipinski definition) is 0. The van der Waals surface area contributed by atoms with E-state index in [9.17, 15) is 0 Å². The second-order valence-electron chi connectivity index (χ2n) is 7.98. The summed E-state index contributed by atoms with van der Waals surface area (Å²) < 4.78 is 0. The van der Waals surface area contributed by atoms with Crippen LogP contribution in [-0.4, -0.2) is 14.8 Å². The molecule has 3 saturated heterocycles. The standard InChI is InChI=1S/C15H27BSi/c1-11(17(2,3)4)15-14-6-5-12-7-13(8-14)10-16(15)9-12/h12-14H,5-10H2,1-4H3/b15-11-/t12-,13-,14+/m1/s1. The Morgan fingerprint density at radius 3 is 2.47 bits per heavy atom. The predicted molar refractivity (Wildman–Crippen MR) is 80.4 cm³/mol. The molecule has 0 aromatic heterocycles. The molecule has 0 spiro atoms. The molecule has 4 aliphatic rings. The van der Waals surface area contributed by atoms with E-state index in [0.29, 0.717) is 0 Å². The molecule has 0 aromatic rings. The highest BCUT2D eigenvalue weighted by Gasteiger charge is 2.45. The van der Waals surface area contributed by atoms with Crippen molar-refractivity contribution in [3.8, 4) is 0 Å². The molecule has 2 heteroatoms. The fourth-order valence-electron chi connectivity index (χ4n) is 4.87. The SMILES string of the molecule is C/C(=C1/B2C[C@@H]3C[C@@H](CC[C@H]1C3)C2)[Si](C)(C)C. The van der Waals surface area contributed by atoms with E-state index in [2.05, 4.69) is 26.6 Å². The lowest BCUT2D eigenvalue weighted by Crippen LogP contribution is -2.39. The second kappa shape index (κ2) is 4.01. The van der Waals surface area contributed by atoms with Crippen LogP contribution in [-0.2, 0) is 0 Å². The molecule has 0 amide bonds. The van der Waals surface area contributed by atoms with Crippen LogP contribution in [0.4, 0.5) is 0 Å². The summed E-state index contributed by atoms with van der Waals surface area (Å²) in [7, 11) is -1.06. The van der Waals surface area contributed by atoms with Crippen LogP contribution < -0.4 is 0 Å². The Balaban J connectivity index is 2.01. The molecular weight excluding hydrogens is 219 g/mol. The maximum absolute atomic E-state index is 2.54. The zero-order valence-corrected chi connectivity index (χ0v) is 13.1. The minimum atomic E-state index is -1.06. The van der Waals surface area contributed by atoms with Gasteiger partial charge in [0.05, 0.1) is 8.07 Å². The number of hydrogen-bond donors (Lipinski definition) is 0. The molecular formula is C15H27BSi. The smallest absolute Gasteiger partial charge is 0.103 e. The van der Waals surface area contributed by atoms with Gasteiger partial charge >= 0.3 is 0 Å². The Bertz CT molecular complexity index is 342. The molecule has 0 radical (unpaired) electrons. The first kappa shape index (κ1) is 12.1. The zero-order chi connectivity index (χ0) is 12.2. The van der Waals surface area contributed by atoms with Crippen LogP contribution in [0.25, 0.3) is 0 Å². The molecule has 3 atom stereocenters. The van der Waals surface area contributed by atoms with E-state index in [1.54, 1.807) is 31.9 Å². The van der Waals surface area contributed by atoms with E-state index in [1.165, 1.54) is 6.42 Å². The molecule has 4 bridgehead atoms. The van der Waals surface area contributed by atoms with Crippen LogP contribution >= 0.6 is 0 Å². The Morgan fingerprint density at radius 2 is 1.76 bits per heavy atom. The van der Waals surface area contributed by atoms with Crippen LogP contribution in [0.3, 0.4) is 0 Å². The van der Waals surface area contributed by atoms with Crippen molar-refractivity contribution in [1.82, 2.24) is 0 Å². The fraction of sp³-hybridized carbons (Fsp3) is 0.867. The quantitative estimate of drug-likeness (QED) is 0.590. The van der Waals surface area contributed by atoms with Crippen molar-refractivity contribution < 1.29 is 0 Å². The van der Waals surface area contributed by atoms with Gasteiger partial charge in [0.2, 0.25) is 0 Å². The van der Waals surface area contributed by atoms with Gasteiger partial charge in [-0.2, -0.15) is 0 Å². The predicted octanol–water partition coefficient (Wildman–Crippen LogP) is 4.66. The van der Waals surface area contributed by atoms with Gasteiger partial charge < -0.3 is 0 Å². The Hall–Kier alpha value is 0.0218. The van der Waals surface area contributed by atoms with Crippen molar-refractivity contribution in [3.63, 3.8) is 0 Å². The van der Waals surface area contributed by atoms with E-state index in [4.69, 9.17) is 0 Å². The first-order chi connectivity index (χ1) is 7.95. The highest BCUT2D eigenvalue weighted by molar-refractivity contribution is 6.85. The highest BCUT2D eigenvalue weighted by Crippen LogP contribution is 2.52. The normalized spacial score (nSPS) is 39.5. The van der Waals surface area contributed by atoms with Crippen LogP contribution in [0.5, 0.6) is 0 Å². The minimum absolute atomic E-state index is 0.998. The first-order valence-corrected chi connectivity index (χ1v) is 11.2. The van der Waals surface area contributed by atoms with Crippen LogP contribution in [0, 0.1) is 17.8 Å². The summed E-state index contributed by atoms with van der Waals surface area (Å²) in [5.74, 6) is 3.19. The van der Waals surface area contributed by atoms with E-state index in [-0.39, 0.29) is 0 Å². The van der Waals surface area contributed by atoms with Crippen molar-refractivity contribution in [2.45, 2.75) is 64.9 Å². The molecule has 1 aliphatic carbocycles. The summed E-state index contributed by atoms with van der Waals surface area (Å²) in [4.78, 5) is 0. The van der Waals surface area contributed by atoms with Crippen LogP contribution in [0.15, 0.2) is 10.7 Å². The monoisotopic (exact) mass is 246 g/mol. The van der Waals surface area contributed by atoms with Crippen molar-refractivity contribution in [2.75, 3.05) is 0 Å². The third kappa shape index (κ3) is 2.07. The lowest BCUT2D eigenvalue weighted by molar-refractivity contribution is 0.374. The summed E-state index contributed by atoms with van der Waals surface area (Å²) in [5, 5.41) is 1.87. The molecule has 3 heterocycles. The fourth-order valence-corrected chi connectivity index (χ4v) is 6.14. The Morgan fingerprint density at radius 1 is 1.06 bits per heavy atom. The first-order valence-electron chi connectivity index (χ1n) is 7.66. The summed E-state index contributed by atoms with van der Waals surface area (Å²) >= 11 is 0. The number of rotatable bonds is 1. The van der Waals surface area contributed by atoms with E-state index >= 15 is 0 Å². The second-order valence-corrected chi connectivity index (χ2v) is 13.2. The molecule has 1 saturated carbocycles. The van der Waals surface area contributed by atoms with Gasteiger partial charge in [0, 0.05) is 0 Å². The maximum Gasteiger partial charge on any atom is 0.170 e. The van der Waals surface area contributed by atoms with Crippen molar-refractivity contribution in [3.05, 3.63) is 10.7 Å². The Kier molecular flexibility index (Phi) is 2.85. The van der Waals surface area contributed by atoms with Gasteiger partial charge in [0.1, 0.15) is 0 Å². The number of allylic oxidation sites excluding steroid dienone is 2. The average Bonchev–Trinajstić information content (AvgIpc) is 2.43. The summed E-state index contributed by atoms with van der Waals surface area (Å²) in [6, 6.07) is 0. The average molecular weight is 246 g/mol. The van der Waals surface area contributed by atoms with E-state index in [0.717, 1.165) is 24.5 Å². The molecule has 0 N–H and O–H groups in total. The van der Waals surface area contributed by atoms with Crippen molar-refractivity contribution in [1.29, 1.82) is 0 Å². The Labute approximate surface area is 108 Å². The van der Waals surface area contributed by atoms with Crippen molar-refractivity contribution >= 4 is 14.8 Å². The largest absolute Gasteiger partial charge is 0.170 e. The van der Waals surface area contributed by atoms with E-state index < -0.39 is 8.07 Å². The van der Waals surface area contributed by atoms with Crippen LogP contribution in [0.1, 0.15) is 32.6 Å². The van der Waals surface area contributed by atoms with Gasteiger partial charge in [-0.1, -0.05) is 43.9 Å². The molecule has 94 valence electrons. The number of fused-ring (bicyclic) bond motifs is 1. The maximum atomic E-state index is 2.54. The van der Waals surface area contributed by atoms with Gasteiger partial charge in [0.25, 0.3) is 0 Å². The highest BCUT2D eigenvalue weighted by atomic mass is 28.3. The van der Waals surface area contributed by atoms with Crippen LogP contribution in [0.2, 0.25) is 32.3 Å². The topological polar surface area (TPSA) is 0 Å². The molecule has 4 rings (SSSR count). The van der Waals surface area contributed by atoms with Gasteiger partial charge in [-0.3, -0.25) is 0 Å². The van der Waals surface area contributed by atoms with Gasteiger partial charge in [-0.15, -0.1) is 5.47 Å². The third-order valence-electron chi connectivity index (χ3n) is 5.88. The summed E-state index contributed by atoms with van der Waals surface area (Å²) in [5.41, 5.74) is 1.97. The summed E-state index contributed by atoms with van der Waals surface area (Å²) in [6.07, 6.45) is 9.28. The van der Waals surface area contributed by atoms with E-state index in [1.807, 2.05) is 10.7 Å². The molecule has 3 aliphatic heterocycles. The van der Waals surface area contributed by atoms with Gasteiger partial charge in [-0.25, -0.2) is 0 Å². The molecule has 0 aromatic carbocycles. The molecule has 17 heavy (non-hydrogen) atoms. The third-order valence-corrected chi connectivity index (χ3v) is 8.42. The van der Waals surface area contributed by atoms with Gasteiger partial charge in [-0.05, 0) is 43.9 Å². The lowest BCUT2D eigenvalue weighted by atomic mass is 9.30. The minimum Gasteiger partial charge on any atom is -0.103 e. The molecule has 0 nitrogen and oxygen atoms in total. The van der Waals surface area contributed by atoms with Crippen molar-refractivity contribution in [2.24, 2.45) is 17.8 Å². The molecule has 4 fully saturated rings. The van der Waals surface area contributed by atoms with Gasteiger partial charge in [0.15, 0.2) is 6.71 Å². The molecule has 0 unspecified atom stereocenters.